The van der Waals surface area contributed by atoms with Crippen molar-refractivity contribution in [3.63, 3.8) is 0 Å². The first-order valence-corrected chi connectivity index (χ1v) is 12.0. The number of piperidine rings is 1. The zero-order valence-corrected chi connectivity index (χ0v) is 19.5. The molecule has 8 heteroatoms. The number of piperazine rings is 1. The van der Waals surface area contributed by atoms with Gasteiger partial charge < -0.3 is 14.3 Å². The van der Waals surface area contributed by atoms with Crippen LogP contribution in [0.15, 0.2) is 53.1 Å². The van der Waals surface area contributed by atoms with Gasteiger partial charge in [-0.3, -0.25) is 9.69 Å². The van der Waals surface area contributed by atoms with Gasteiger partial charge in [0.25, 0.3) is 0 Å². The molecule has 2 aliphatic heterocycles. The molecule has 0 radical (unpaired) electrons. The van der Waals surface area contributed by atoms with Crippen molar-refractivity contribution in [1.82, 2.24) is 19.9 Å². The quantitative estimate of drug-likeness (QED) is 0.574. The molecule has 34 heavy (non-hydrogen) atoms. The molecule has 3 aromatic rings. The number of aromatic nitrogens is 2. The highest BCUT2D eigenvalue weighted by molar-refractivity contribution is 5.79. The third-order valence-electron chi connectivity index (χ3n) is 6.86. The van der Waals surface area contributed by atoms with E-state index in [2.05, 4.69) is 15.0 Å². The van der Waals surface area contributed by atoms with Crippen molar-refractivity contribution < 1.29 is 13.7 Å². The molecule has 2 fully saturated rings. The molecule has 0 unspecified atom stereocenters. The molecular formula is C26H30FN5O2. The van der Waals surface area contributed by atoms with Gasteiger partial charge in [0.1, 0.15) is 5.82 Å². The molecule has 2 saturated heterocycles. The Morgan fingerprint density at radius 2 is 1.71 bits per heavy atom. The summed E-state index contributed by atoms with van der Waals surface area (Å²) in [6.07, 6.45) is 1.65. The molecule has 0 saturated carbocycles. The van der Waals surface area contributed by atoms with Gasteiger partial charge in [0.2, 0.25) is 17.6 Å². The van der Waals surface area contributed by atoms with Gasteiger partial charge in [0, 0.05) is 37.7 Å². The van der Waals surface area contributed by atoms with Crippen molar-refractivity contribution >= 4 is 11.6 Å². The van der Waals surface area contributed by atoms with Gasteiger partial charge in [-0.1, -0.05) is 47.1 Å². The predicted octanol–water partition coefficient (Wildman–Crippen LogP) is 3.74. The summed E-state index contributed by atoms with van der Waals surface area (Å²) < 4.78 is 19.5. The van der Waals surface area contributed by atoms with Gasteiger partial charge in [-0.15, -0.1) is 0 Å². The number of hydrogen-bond acceptors (Lipinski definition) is 6. The maximum atomic E-state index is 14.1. The number of nitrogens with zero attached hydrogens (tertiary/aromatic N) is 5. The zero-order chi connectivity index (χ0) is 23.5. The van der Waals surface area contributed by atoms with Crippen LogP contribution in [0.1, 0.15) is 24.3 Å². The van der Waals surface area contributed by atoms with Crippen LogP contribution < -0.4 is 4.90 Å². The van der Waals surface area contributed by atoms with Crippen LogP contribution in [0.3, 0.4) is 0 Å². The van der Waals surface area contributed by atoms with Crippen LogP contribution in [0.5, 0.6) is 0 Å². The summed E-state index contributed by atoms with van der Waals surface area (Å²) in [5, 5.41) is 4.12. The third-order valence-corrected chi connectivity index (χ3v) is 6.86. The Labute approximate surface area is 199 Å². The molecule has 0 bridgehead atoms. The lowest BCUT2D eigenvalue weighted by atomic mass is 9.95. The Balaban J connectivity index is 1.09. The first kappa shape index (κ1) is 22.5. The molecule has 0 aliphatic carbocycles. The highest BCUT2D eigenvalue weighted by Crippen LogP contribution is 2.25. The maximum absolute atomic E-state index is 14.1. The van der Waals surface area contributed by atoms with Crippen LogP contribution in [-0.4, -0.2) is 65.1 Å². The molecule has 5 rings (SSSR count). The van der Waals surface area contributed by atoms with Gasteiger partial charge >= 0.3 is 0 Å². The fourth-order valence-electron chi connectivity index (χ4n) is 4.80. The number of carbonyl (C=O) groups is 1. The summed E-state index contributed by atoms with van der Waals surface area (Å²) in [5.41, 5.74) is 2.76. The molecule has 0 atom stereocenters. The minimum absolute atomic E-state index is 0.0436. The van der Waals surface area contributed by atoms with E-state index in [1.165, 1.54) is 11.6 Å². The van der Waals surface area contributed by atoms with E-state index in [0.717, 1.165) is 31.5 Å². The highest BCUT2D eigenvalue weighted by atomic mass is 19.1. The topological polar surface area (TPSA) is 65.7 Å². The lowest BCUT2D eigenvalue weighted by Crippen LogP contribution is -2.51. The maximum Gasteiger partial charge on any atom is 0.241 e. The van der Waals surface area contributed by atoms with Gasteiger partial charge in [-0.05, 0) is 45.0 Å². The fourth-order valence-corrected chi connectivity index (χ4v) is 4.80. The Kier molecular flexibility index (Phi) is 6.58. The van der Waals surface area contributed by atoms with Gasteiger partial charge in [0.15, 0.2) is 0 Å². The van der Waals surface area contributed by atoms with E-state index in [-0.39, 0.29) is 17.6 Å². The molecule has 0 spiro atoms. The molecule has 1 amide bonds. The molecule has 2 aromatic carbocycles. The van der Waals surface area contributed by atoms with Gasteiger partial charge in [0.05, 0.1) is 12.2 Å². The van der Waals surface area contributed by atoms with E-state index in [1.54, 1.807) is 12.1 Å². The number of carbonyl (C=O) groups excluding carboxylic acids is 1. The normalized spacial score (nSPS) is 17.8. The molecule has 178 valence electrons. The molecule has 3 heterocycles. The van der Waals surface area contributed by atoms with Gasteiger partial charge in [-0.25, -0.2) is 4.39 Å². The average Bonchev–Trinajstić information content (AvgIpc) is 3.33. The average molecular weight is 464 g/mol. The minimum Gasteiger partial charge on any atom is -0.366 e. The molecule has 7 nitrogen and oxygen atoms in total. The Bertz CT molecular complexity index is 1120. The lowest BCUT2D eigenvalue weighted by Gasteiger charge is -2.39. The SMILES string of the molecule is Cc1ccc(-c2noc(CN3CCC(C(=O)N4CCN(c5ccccc5F)CC4)CC3)n2)cc1. The zero-order valence-electron chi connectivity index (χ0n) is 19.5. The number of halogens is 1. The number of anilines is 1. The number of para-hydroxylation sites is 1. The second-order valence-electron chi connectivity index (χ2n) is 9.19. The summed E-state index contributed by atoms with van der Waals surface area (Å²) in [6.45, 7) is 6.89. The number of aryl methyl sites for hydroxylation is 1. The third kappa shape index (κ3) is 4.97. The minimum atomic E-state index is -0.207. The van der Waals surface area contributed by atoms with E-state index in [0.29, 0.717) is 50.1 Å². The second-order valence-corrected chi connectivity index (χ2v) is 9.19. The number of hydrogen-bond donors (Lipinski definition) is 0. The second kappa shape index (κ2) is 9.93. The van der Waals surface area contributed by atoms with Crippen LogP contribution >= 0.6 is 0 Å². The first-order chi connectivity index (χ1) is 16.6. The number of benzene rings is 2. The van der Waals surface area contributed by atoms with E-state index in [4.69, 9.17) is 4.52 Å². The predicted molar refractivity (Wildman–Crippen MR) is 128 cm³/mol. The van der Waals surface area contributed by atoms with Crippen LogP contribution in [0.2, 0.25) is 0 Å². The Morgan fingerprint density at radius 3 is 2.41 bits per heavy atom. The summed E-state index contributed by atoms with van der Waals surface area (Å²) in [6, 6.07) is 14.9. The summed E-state index contributed by atoms with van der Waals surface area (Å²) in [4.78, 5) is 23.9. The van der Waals surface area contributed by atoms with Crippen molar-refractivity contribution in [2.45, 2.75) is 26.3 Å². The van der Waals surface area contributed by atoms with E-state index >= 15 is 0 Å². The van der Waals surface area contributed by atoms with Gasteiger partial charge in [-0.2, -0.15) is 4.98 Å². The first-order valence-electron chi connectivity index (χ1n) is 12.0. The molecule has 2 aliphatic rings. The van der Waals surface area contributed by atoms with Crippen LogP contribution in [0.25, 0.3) is 11.4 Å². The van der Waals surface area contributed by atoms with Crippen molar-refractivity contribution in [2.24, 2.45) is 5.92 Å². The van der Waals surface area contributed by atoms with Crippen molar-refractivity contribution in [2.75, 3.05) is 44.2 Å². The molecule has 1 aromatic heterocycles. The summed E-state index contributed by atoms with van der Waals surface area (Å²) in [7, 11) is 0. The molecular weight excluding hydrogens is 433 g/mol. The van der Waals surface area contributed by atoms with Crippen LogP contribution in [0.4, 0.5) is 10.1 Å². The summed E-state index contributed by atoms with van der Waals surface area (Å²) >= 11 is 0. The largest absolute Gasteiger partial charge is 0.366 e. The van der Waals surface area contributed by atoms with Crippen LogP contribution in [-0.2, 0) is 11.3 Å². The van der Waals surface area contributed by atoms with Crippen molar-refractivity contribution in [1.29, 1.82) is 0 Å². The Hall–Kier alpha value is -3.26. The van der Waals surface area contributed by atoms with Crippen molar-refractivity contribution in [3.8, 4) is 11.4 Å². The Morgan fingerprint density at radius 1 is 1.00 bits per heavy atom. The van der Waals surface area contributed by atoms with Crippen LogP contribution in [0, 0.1) is 18.7 Å². The number of rotatable bonds is 5. The summed E-state index contributed by atoms with van der Waals surface area (Å²) in [5.74, 6) is 1.27. The number of amides is 1. The molecule has 0 N–H and O–H groups in total. The van der Waals surface area contributed by atoms with E-state index < -0.39 is 0 Å². The van der Waals surface area contributed by atoms with E-state index in [1.807, 2.05) is 47.1 Å². The van der Waals surface area contributed by atoms with E-state index in [9.17, 15) is 9.18 Å². The monoisotopic (exact) mass is 463 g/mol. The standard InChI is InChI=1S/C26H30FN5O2/c1-19-6-8-20(9-7-19)25-28-24(34-29-25)18-30-12-10-21(11-13-30)26(33)32-16-14-31(15-17-32)23-5-3-2-4-22(23)27/h2-9,21H,10-18H2,1H3. The fraction of sp³-hybridized carbons (Fsp3) is 0.423. The number of likely N-dealkylation sites (tertiary alicyclic amines) is 1. The highest BCUT2D eigenvalue weighted by Gasteiger charge is 2.31. The van der Waals surface area contributed by atoms with Crippen molar-refractivity contribution in [3.05, 3.63) is 65.8 Å². The lowest BCUT2D eigenvalue weighted by molar-refractivity contribution is -0.137. The smallest absolute Gasteiger partial charge is 0.241 e.